The van der Waals surface area contributed by atoms with Crippen molar-refractivity contribution in [3.63, 3.8) is 0 Å². The molecule has 7 rings (SSSR count). The van der Waals surface area contributed by atoms with Crippen LogP contribution in [0.25, 0.3) is 59.8 Å². The van der Waals surface area contributed by atoms with Crippen molar-refractivity contribution in [1.82, 2.24) is 4.57 Å². The van der Waals surface area contributed by atoms with Crippen LogP contribution in [0.4, 0.5) is 0 Å². The van der Waals surface area contributed by atoms with Crippen LogP contribution in [0.5, 0.6) is 0 Å². The van der Waals surface area contributed by atoms with Gasteiger partial charge in [0.15, 0.2) is 0 Å². The van der Waals surface area contributed by atoms with Gasteiger partial charge in [-0.05, 0) is 56.6 Å². The quantitative estimate of drug-likeness (QED) is 0.246. The van der Waals surface area contributed by atoms with Crippen LogP contribution in [0.2, 0.25) is 0 Å². The lowest BCUT2D eigenvalue weighted by atomic mass is 9.84. The number of hydrogen-bond acceptors (Lipinski definition) is 0. The Morgan fingerprint density at radius 3 is 2.10 bits per heavy atom. The third-order valence-corrected chi connectivity index (χ3v) is 6.65. The van der Waals surface area contributed by atoms with Gasteiger partial charge < -0.3 is 4.57 Å². The highest BCUT2D eigenvalue weighted by Gasteiger charge is 2.18. The van der Waals surface area contributed by atoms with E-state index in [1.54, 1.807) is 0 Å². The van der Waals surface area contributed by atoms with Crippen molar-refractivity contribution in [2.24, 2.45) is 0 Å². The zero-order chi connectivity index (χ0) is 19.8. The summed E-state index contributed by atoms with van der Waals surface area (Å²) in [4.78, 5) is 0. The standard InChI is InChI=1S/C28H18BN/c29-23-15-12-17-10-11-18-16-25-28(22-14-13-20(23)26(17)27(18)22)21-8-4-5-9-24(21)30(25)19-6-2-1-3-7-19/h1-16H,29H2. The van der Waals surface area contributed by atoms with Gasteiger partial charge in [-0.3, -0.25) is 0 Å². The summed E-state index contributed by atoms with van der Waals surface area (Å²) in [6.45, 7) is 0. The predicted octanol–water partition coefficient (Wildman–Crippen LogP) is 5.94. The van der Waals surface area contributed by atoms with Crippen molar-refractivity contribution < 1.29 is 0 Å². The molecule has 0 atom stereocenters. The zero-order valence-electron chi connectivity index (χ0n) is 16.7. The van der Waals surface area contributed by atoms with Crippen LogP contribution < -0.4 is 5.46 Å². The molecule has 0 saturated heterocycles. The lowest BCUT2D eigenvalue weighted by Gasteiger charge is -2.14. The van der Waals surface area contributed by atoms with Crippen LogP contribution in [-0.4, -0.2) is 12.4 Å². The van der Waals surface area contributed by atoms with Gasteiger partial charge in [0.1, 0.15) is 7.85 Å². The summed E-state index contributed by atoms with van der Waals surface area (Å²) in [5.41, 5.74) is 5.06. The fourth-order valence-electron chi connectivity index (χ4n) is 5.33. The normalized spacial score (nSPS) is 12.1. The Kier molecular flexibility index (Phi) is 3.02. The molecule has 30 heavy (non-hydrogen) atoms. The molecular formula is C28H18BN. The average Bonchev–Trinajstić information content (AvgIpc) is 3.13. The Morgan fingerprint density at radius 1 is 0.500 bits per heavy atom. The number of rotatable bonds is 1. The van der Waals surface area contributed by atoms with Crippen molar-refractivity contribution >= 4 is 67.4 Å². The molecule has 0 fully saturated rings. The third kappa shape index (κ3) is 1.93. The van der Waals surface area contributed by atoms with Gasteiger partial charge >= 0.3 is 0 Å². The van der Waals surface area contributed by atoms with Crippen LogP contribution in [0, 0.1) is 0 Å². The number of benzene rings is 6. The molecular weight excluding hydrogens is 361 g/mol. The van der Waals surface area contributed by atoms with Crippen molar-refractivity contribution in [2.75, 3.05) is 0 Å². The molecule has 0 radical (unpaired) electrons. The first-order valence-electron chi connectivity index (χ1n) is 10.5. The summed E-state index contributed by atoms with van der Waals surface area (Å²) in [7, 11) is 2.21. The SMILES string of the molecule is Bc1ccc2ccc3cc4c(c5ccc1c2c35)c1ccccc1n4-c1ccccc1. The minimum Gasteiger partial charge on any atom is -0.309 e. The molecule has 0 amide bonds. The number of aromatic nitrogens is 1. The van der Waals surface area contributed by atoms with Gasteiger partial charge in [-0.1, -0.05) is 78.3 Å². The molecule has 0 bridgehead atoms. The van der Waals surface area contributed by atoms with Gasteiger partial charge in [0.05, 0.1) is 11.0 Å². The van der Waals surface area contributed by atoms with E-state index in [4.69, 9.17) is 0 Å². The number of para-hydroxylation sites is 2. The minimum absolute atomic E-state index is 1.20. The topological polar surface area (TPSA) is 4.93 Å². The van der Waals surface area contributed by atoms with Crippen molar-refractivity contribution in [3.05, 3.63) is 97.1 Å². The van der Waals surface area contributed by atoms with E-state index < -0.39 is 0 Å². The minimum atomic E-state index is 1.20. The summed E-state index contributed by atoms with van der Waals surface area (Å²) in [6, 6.07) is 35.6. The lowest BCUT2D eigenvalue weighted by Crippen LogP contribution is -2.03. The Morgan fingerprint density at radius 2 is 1.20 bits per heavy atom. The van der Waals surface area contributed by atoms with Gasteiger partial charge in [0.25, 0.3) is 0 Å². The second-order valence-electron chi connectivity index (χ2n) is 8.26. The van der Waals surface area contributed by atoms with Crippen LogP contribution in [0.3, 0.4) is 0 Å². The fourth-order valence-corrected chi connectivity index (χ4v) is 5.33. The molecule has 0 spiro atoms. The molecule has 0 saturated carbocycles. The maximum atomic E-state index is 2.41. The van der Waals surface area contributed by atoms with Crippen molar-refractivity contribution in [1.29, 1.82) is 0 Å². The van der Waals surface area contributed by atoms with Crippen molar-refractivity contribution in [2.45, 2.75) is 0 Å². The van der Waals surface area contributed by atoms with Crippen LogP contribution in [-0.2, 0) is 0 Å². The smallest absolute Gasteiger partial charge is 0.140 e. The molecule has 6 aromatic carbocycles. The molecule has 138 valence electrons. The molecule has 0 aliphatic rings. The monoisotopic (exact) mass is 379 g/mol. The van der Waals surface area contributed by atoms with E-state index in [-0.39, 0.29) is 0 Å². The van der Waals surface area contributed by atoms with Gasteiger partial charge in [0.2, 0.25) is 0 Å². The molecule has 7 aromatic rings. The maximum absolute atomic E-state index is 2.41. The summed E-state index contributed by atoms with van der Waals surface area (Å²) >= 11 is 0. The van der Waals surface area contributed by atoms with E-state index >= 15 is 0 Å². The van der Waals surface area contributed by atoms with E-state index in [0.29, 0.717) is 0 Å². The molecule has 0 N–H and O–H groups in total. The summed E-state index contributed by atoms with van der Waals surface area (Å²) < 4.78 is 2.41. The molecule has 1 heterocycles. The van der Waals surface area contributed by atoms with E-state index in [0.717, 1.165) is 0 Å². The Bertz CT molecular complexity index is 1740. The maximum Gasteiger partial charge on any atom is 0.140 e. The number of fused-ring (bicyclic) bond motifs is 4. The molecule has 0 unspecified atom stereocenters. The van der Waals surface area contributed by atoms with E-state index in [9.17, 15) is 0 Å². The molecule has 0 aliphatic carbocycles. The van der Waals surface area contributed by atoms with Crippen LogP contribution >= 0.6 is 0 Å². The first-order chi connectivity index (χ1) is 14.8. The molecule has 1 aromatic heterocycles. The third-order valence-electron chi connectivity index (χ3n) is 6.65. The zero-order valence-corrected chi connectivity index (χ0v) is 16.7. The van der Waals surface area contributed by atoms with E-state index in [1.165, 1.54) is 65.3 Å². The highest BCUT2D eigenvalue weighted by molar-refractivity contribution is 6.43. The lowest BCUT2D eigenvalue weighted by molar-refractivity contribution is 1.18. The predicted molar refractivity (Wildman–Crippen MR) is 133 cm³/mol. The molecule has 1 nitrogen and oxygen atoms in total. The molecule has 2 heteroatoms. The Labute approximate surface area is 174 Å². The van der Waals surface area contributed by atoms with Gasteiger partial charge in [0, 0.05) is 16.5 Å². The summed E-state index contributed by atoms with van der Waals surface area (Å²) in [5, 5.41) is 10.8. The first kappa shape index (κ1) is 16.1. The highest BCUT2D eigenvalue weighted by atomic mass is 15.0. The van der Waals surface area contributed by atoms with E-state index in [2.05, 4.69) is 109 Å². The second-order valence-corrected chi connectivity index (χ2v) is 8.26. The van der Waals surface area contributed by atoms with Gasteiger partial charge in [-0.15, -0.1) is 0 Å². The summed E-state index contributed by atoms with van der Waals surface area (Å²) in [5.74, 6) is 0. The van der Waals surface area contributed by atoms with Gasteiger partial charge in [-0.2, -0.15) is 0 Å². The number of hydrogen-bond donors (Lipinski definition) is 0. The summed E-state index contributed by atoms with van der Waals surface area (Å²) in [6.07, 6.45) is 0. The largest absolute Gasteiger partial charge is 0.309 e. The van der Waals surface area contributed by atoms with Crippen LogP contribution in [0.15, 0.2) is 97.1 Å². The average molecular weight is 379 g/mol. The van der Waals surface area contributed by atoms with Crippen molar-refractivity contribution in [3.8, 4) is 5.69 Å². The Hall–Kier alpha value is -3.78. The van der Waals surface area contributed by atoms with E-state index in [1.807, 2.05) is 0 Å². The number of nitrogens with zero attached hydrogens (tertiary/aromatic N) is 1. The Balaban J connectivity index is 1.80. The highest BCUT2D eigenvalue weighted by Crippen LogP contribution is 2.42. The van der Waals surface area contributed by atoms with Gasteiger partial charge in [-0.25, -0.2) is 0 Å². The van der Waals surface area contributed by atoms with Crippen LogP contribution in [0.1, 0.15) is 0 Å². The second kappa shape index (κ2) is 5.64. The fraction of sp³-hybridized carbons (Fsp3) is 0. The first-order valence-corrected chi connectivity index (χ1v) is 10.5. The molecule has 0 aliphatic heterocycles.